The van der Waals surface area contributed by atoms with Gasteiger partial charge in [-0.2, -0.15) is 0 Å². The molecular weight excluding hydrogens is 376 g/mol. The zero-order valence-corrected chi connectivity index (χ0v) is 16.6. The summed E-state index contributed by atoms with van der Waals surface area (Å²) in [5.74, 6) is 0.859. The first kappa shape index (κ1) is 17.7. The van der Waals surface area contributed by atoms with Gasteiger partial charge in [0.05, 0.1) is 21.2 Å². The molecule has 0 saturated carbocycles. The van der Waals surface area contributed by atoms with Crippen LogP contribution in [0.5, 0.6) is 0 Å². The number of H-pyrrole nitrogens is 1. The maximum atomic E-state index is 11.8. The van der Waals surface area contributed by atoms with Gasteiger partial charge < -0.3 is 4.98 Å². The molecule has 2 aromatic carbocycles. The molecule has 2 aromatic heterocycles. The van der Waals surface area contributed by atoms with Gasteiger partial charge in [0.25, 0.3) is 0 Å². The SMILES string of the molecule is Cc1nc(-c2ccccc2)c(-c2ccc(-c3cccc(S(C)(=O)=O)c3)s2)[nH]1. The number of hydrogen-bond acceptors (Lipinski definition) is 4. The molecule has 6 heteroatoms. The maximum Gasteiger partial charge on any atom is 0.175 e. The summed E-state index contributed by atoms with van der Waals surface area (Å²) in [5, 5.41) is 0. The minimum Gasteiger partial charge on any atom is -0.341 e. The van der Waals surface area contributed by atoms with Gasteiger partial charge in [-0.3, -0.25) is 0 Å². The number of aromatic amines is 1. The molecule has 4 aromatic rings. The standard InChI is InChI=1S/C21H18N2O2S2/c1-14-22-20(15-7-4-3-5-8-15)21(23-14)19-12-11-18(26-19)16-9-6-10-17(13-16)27(2,24)25/h3-13H,1-2H3,(H,22,23). The van der Waals surface area contributed by atoms with E-state index in [4.69, 9.17) is 0 Å². The Morgan fingerprint density at radius 2 is 1.59 bits per heavy atom. The predicted molar refractivity (Wildman–Crippen MR) is 111 cm³/mol. The Kier molecular flexibility index (Phi) is 4.45. The van der Waals surface area contributed by atoms with Crippen molar-refractivity contribution in [2.75, 3.05) is 6.26 Å². The van der Waals surface area contributed by atoms with E-state index in [0.717, 1.165) is 38.1 Å². The maximum absolute atomic E-state index is 11.8. The number of nitrogens with one attached hydrogen (secondary N) is 1. The number of aromatic nitrogens is 2. The topological polar surface area (TPSA) is 62.8 Å². The first-order chi connectivity index (χ1) is 12.9. The Morgan fingerprint density at radius 3 is 2.33 bits per heavy atom. The number of aryl methyl sites for hydroxylation is 1. The fourth-order valence-electron chi connectivity index (χ4n) is 2.98. The fraction of sp³-hybridized carbons (Fsp3) is 0.0952. The van der Waals surface area contributed by atoms with Crippen LogP contribution in [0.3, 0.4) is 0 Å². The predicted octanol–water partition coefficient (Wildman–Crippen LogP) is 5.18. The Morgan fingerprint density at radius 1 is 0.889 bits per heavy atom. The van der Waals surface area contributed by atoms with Crippen LogP contribution in [0, 0.1) is 6.92 Å². The number of imidazole rings is 1. The van der Waals surface area contributed by atoms with Gasteiger partial charge in [0.15, 0.2) is 9.84 Å². The van der Waals surface area contributed by atoms with Gasteiger partial charge in [-0.05, 0) is 36.8 Å². The van der Waals surface area contributed by atoms with Crippen LogP contribution in [-0.4, -0.2) is 24.6 Å². The minimum atomic E-state index is -3.23. The highest BCUT2D eigenvalue weighted by molar-refractivity contribution is 7.90. The third kappa shape index (κ3) is 3.59. The lowest BCUT2D eigenvalue weighted by Crippen LogP contribution is -1.96. The van der Waals surface area contributed by atoms with Crippen molar-refractivity contribution in [2.45, 2.75) is 11.8 Å². The van der Waals surface area contributed by atoms with Crippen molar-refractivity contribution in [3.63, 3.8) is 0 Å². The summed E-state index contributed by atoms with van der Waals surface area (Å²) in [6, 6.07) is 21.2. The van der Waals surface area contributed by atoms with Crippen LogP contribution < -0.4 is 0 Å². The van der Waals surface area contributed by atoms with Gasteiger partial charge in [-0.1, -0.05) is 42.5 Å². The highest BCUT2D eigenvalue weighted by Gasteiger charge is 2.15. The molecular formula is C21H18N2O2S2. The fourth-order valence-corrected chi connectivity index (χ4v) is 4.65. The number of rotatable bonds is 4. The monoisotopic (exact) mass is 394 g/mol. The van der Waals surface area contributed by atoms with Crippen LogP contribution >= 0.6 is 11.3 Å². The van der Waals surface area contributed by atoms with E-state index >= 15 is 0 Å². The smallest absolute Gasteiger partial charge is 0.175 e. The van der Waals surface area contributed by atoms with Gasteiger partial charge in [0.1, 0.15) is 5.82 Å². The average molecular weight is 395 g/mol. The van der Waals surface area contributed by atoms with Gasteiger partial charge in [0.2, 0.25) is 0 Å². The van der Waals surface area contributed by atoms with E-state index in [1.54, 1.807) is 29.5 Å². The summed E-state index contributed by atoms with van der Waals surface area (Å²) in [6.07, 6.45) is 1.23. The highest BCUT2D eigenvalue weighted by atomic mass is 32.2. The molecule has 1 N–H and O–H groups in total. The van der Waals surface area contributed by atoms with E-state index in [0.29, 0.717) is 4.90 Å². The summed E-state index contributed by atoms with van der Waals surface area (Å²) in [7, 11) is -3.23. The molecule has 4 nitrogen and oxygen atoms in total. The molecule has 136 valence electrons. The first-order valence-electron chi connectivity index (χ1n) is 8.44. The molecule has 0 aliphatic rings. The zero-order valence-electron chi connectivity index (χ0n) is 14.9. The van der Waals surface area contributed by atoms with Crippen LogP contribution in [0.2, 0.25) is 0 Å². The summed E-state index contributed by atoms with van der Waals surface area (Å²) in [6.45, 7) is 1.94. The van der Waals surface area contributed by atoms with Gasteiger partial charge in [-0.15, -0.1) is 11.3 Å². The number of sulfone groups is 1. The molecule has 0 aliphatic heterocycles. The van der Waals surface area contributed by atoms with Crippen molar-refractivity contribution in [2.24, 2.45) is 0 Å². The zero-order chi connectivity index (χ0) is 19.0. The molecule has 0 saturated heterocycles. The largest absolute Gasteiger partial charge is 0.341 e. The normalized spacial score (nSPS) is 11.6. The second-order valence-corrected chi connectivity index (χ2v) is 9.48. The van der Waals surface area contributed by atoms with E-state index in [1.165, 1.54) is 6.26 Å². The summed E-state index contributed by atoms with van der Waals surface area (Å²) in [4.78, 5) is 10.4. The van der Waals surface area contributed by atoms with E-state index in [1.807, 2.05) is 55.5 Å². The van der Waals surface area contributed by atoms with E-state index in [9.17, 15) is 8.42 Å². The Labute approximate surface area is 162 Å². The van der Waals surface area contributed by atoms with Gasteiger partial charge >= 0.3 is 0 Å². The van der Waals surface area contributed by atoms with Crippen molar-refractivity contribution in [3.8, 4) is 32.3 Å². The minimum absolute atomic E-state index is 0.331. The quantitative estimate of drug-likeness (QED) is 0.518. The summed E-state index contributed by atoms with van der Waals surface area (Å²) >= 11 is 1.61. The van der Waals surface area contributed by atoms with Crippen LogP contribution in [0.25, 0.3) is 32.3 Å². The van der Waals surface area contributed by atoms with E-state index < -0.39 is 9.84 Å². The van der Waals surface area contributed by atoms with Crippen molar-refractivity contribution >= 4 is 21.2 Å². The van der Waals surface area contributed by atoms with Crippen LogP contribution in [0.15, 0.2) is 71.6 Å². The second-order valence-electron chi connectivity index (χ2n) is 6.38. The van der Waals surface area contributed by atoms with Crippen LogP contribution in [0.1, 0.15) is 5.82 Å². The number of thiophene rings is 1. The Bertz CT molecular complexity index is 1210. The van der Waals surface area contributed by atoms with Gasteiger partial charge in [0, 0.05) is 16.7 Å². The lowest BCUT2D eigenvalue weighted by molar-refractivity contribution is 0.602. The molecule has 0 spiro atoms. The number of benzene rings is 2. The second kappa shape index (κ2) is 6.79. The third-order valence-electron chi connectivity index (χ3n) is 4.27. The summed E-state index contributed by atoms with van der Waals surface area (Å²) < 4.78 is 23.7. The molecule has 0 fully saturated rings. The average Bonchev–Trinajstić information content (AvgIpc) is 3.28. The lowest BCUT2D eigenvalue weighted by Gasteiger charge is -2.02. The molecule has 0 atom stereocenters. The summed E-state index contributed by atoms with van der Waals surface area (Å²) in [5.41, 5.74) is 3.86. The lowest BCUT2D eigenvalue weighted by atomic mass is 10.1. The van der Waals surface area contributed by atoms with Crippen molar-refractivity contribution < 1.29 is 8.42 Å². The van der Waals surface area contributed by atoms with E-state index in [-0.39, 0.29) is 0 Å². The van der Waals surface area contributed by atoms with Crippen molar-refractivity contribution in [1.82, 2.24) is 9.97 Å². The van der Waals surface area contributed by atoms with E-state index in [2.05, 4.69) is 9.97 Å². The van der Waals surface area contributed by atoms with Crippen molar-refractivity contribution in [1.29, 1.82) is 0 Å². The molecule has 27 heavy (non-hydrogen) atoms. The molecule has 4 rings (SSSR count). The molecule has 0 amide bonds. The molecule has 0 bridgehead atoms. The van der Waals surface area contributed by atoms with Crippen molar-refractivity contribution in [3.05, 3.63) is 72.6 Å². The molecule has 2 heterocycles. The van der Waals surface area contributed by atoms with Crippen LogP contribution in [-0.2, 0) is 9.84 Å². The molecule has 0 radical (unpaired) electrons. The van der Waals surface area contributed by atoms with Crippen LogP contribution in [0.4, 0.5) is 0 Å². The highest BCUT2D eigenvalue weighted by Crippen LogP contribution is 2.38. The third-order valence-corrected chi connectivity index (χ3v) is 6.53. The first-order valence-corrected chi connectivity index (χ1v) is 11.2. The molecule has 0 aliphatic carbocycles. The number of nitrogens with zero attached hydrogens (tertiary/aromatic N) is 1. The molecule has 0 unspecified atom stereocenters. The van der Waals surface area contributed by atoms with Gasteiger partial charge in [-0.25, -0.2) is 13.4 Å². The Balaban J connectivity index is 1.77. The number of hydrogen-bond donors (Lipinski definition) is 1. The Hall–Kier alpha value is -2.70.